The van der Waals surface area contributed by atoms with Gasteiger partial charge in [-0.15, -0.1) is 0 Å². The number of aromatic nitrogens is 2. The molecule has 1 fully saturated rings. The number of rotatable bonds is 6. The van der Waals surface area contributed by atoms with Gasteiger partial charge in [-0.25, -0.2) is 0 Å². The molecule has 0 atom stereocenters. The molecule has 110 valence electrons. The van der Waals surface area contributed by atoms with Crippen LogP contribution in [0, 0.1) is 0 Å². The lowest BCUT2D eigenvalue weighted by Crippen LogP contribution is -2.05. The van der Waals surface area contributed by atoms with E-state index in [0.717, 1.165) is 16.3 Å². The van der Waals surface area contributed by atoms with Crippen LogP contribution in [0.4, 0.5) is 0 Å². The second-order valence-electron chi connectivity index (χ2n) is 5.15. The van der Waals surface area contributed by atoms with Crippen molar-refractivity contribution in [3.63, 3.8) is 0 Å². The highest BCUT2D eigenvalue weighted by Crippen LogP contribution is 2.40. The third-order valence-electron chi connectivity index (χ3n) is 3.32. The maximum Gasteiger partial charge on any atom is 0.313 e. The van der Waals surface area contributed by atoms with Gasteiger partial charge in [-0.2, -0.15) is 5.10 Å². The van der Waals surface area contributed by atoms with Crippen molar-refractivity contribution < 1.29 is 9.90 Å². The summed E-state index contributed by atoms with van der Waals surface area (Å²) in [6, 6.07) is 9.67. The highest BCUT2D eigenvalue weighted by Gasteiger charge is 2.27. The minimum atomic E-state index is -0.816. The molecule has 6 heteroatoms. The summed E-state index contributed by atoms with van der Waals surface area (Å²) in [5.74, 6) is -0.219. The number of aliphatic carboxylic acids is 1. The van der Waals surface area contributed by atoms with Crippen LogP contribution in [0.25, 0.3) is 0 Å². The fourth-order valence-electron chi connectivity index (χ4n) is 2.17. The molecule has 3 rings (SSSR count). The van der Waals surface area contributed by atoms with Crippen LogP contribution in [-0.2, 0) is 11.3 Å². The Morgan fingerprint density at radius 3 is 2.90 bits per heavy atom. The van der Waals surface area contributed by atoms with E-state index in [2.05, 4.69) is 5.10 Å². The van der Waals surface area contributed by atoms with Gasteiger partial charge in [0.25, 0.3) is 0 Å². The zero-order valence-corrected chi connectivity index (χ0v) is 12.9. The molecule has 0 unspecified atom stereocenters. The molecule has 0 aliphatic heterocycles. The minimum Gasteiger partial charge on any atom is -0.481 e. The average molecular weight is 323 g/mol. The Hall–Kier alpha value is -1.46. The SMILES string of the molecule is O=C(O)CSc1cc(C2CC2)nn1Cc1cccc(Cl)c1. The summed E-state index contributed by atoms with van der Waals surface area (Å²) in [5, 5.41) is 15.1. The Morgan fingerprint density at radius 1 is 1.43 bits per heavy atom. The zero-order valence-electron chi connectivity index (χ0n) is 11.3. The summed E-state index contributed by atoms with van der Waals surface area (Å²) in [6.07, 6.45) is 2.36. The van der Waals surface area contributed by atoms with Crippen molar-refractivity contribution in [2.75, 3.05) is 5.75 Å². The number of hydrogen-bond donors (Lipinski definition) is 1. The van der Waals surface area contributed by atoms with Gasteiger partial charge >= 0.3 is 5.97 Å². The first-order chi connectivity index (χ1) is 10.1. The van der Waals surface area contributed by atoms with Gasteiger partial charge < -0.3 is 5.11 Å². The molecule has 21 heavy (non-hydrogen) atoms. The molecule has 1 aromatic heterocycles. The lowest BCUT2D eigenvalue weighted by molar-refractivity contribution is -0.133. The summed E-state index contributed by atoms with van der Waals surface area (Å²) >= 11 is 7.32. The Balaban J connectivity index is 1.82. The smallest absolute Gasteiger partial charge is 0.313 e. The summed E-state index contributed by atoms with van der Waals surface area (Å²) in [4.78, 5) is 10.8. The first-order valence-corrected chi connectivity index (χ1v) is 8.15. The normalized spacial score (nSPS) is 14.3. The van der Waals surface area contributed by atoms with Crippen LogP contribution in [0.15, 0.2) is 35.4 Å². The third kappa shape index (κ3) is 3.80. The molecule has 1 aliphatic rings. The van der Waals surface area contributed by atoms with Gasteiger partial charge in [0.15, 0.2) is 0 Å². The van der Waals surface area contributed by atoms with E-state index in [9.17, 15) is 4.79 Å². The number of thioether (sulfide) groups is 1. The monoisotopic (exact) mass is 322 g/mol. The molecule has 0 spiro atoms. The topological polar surface area (TPSA) is 55.1 Å². The Bertz CT molecular complexity index is 667. The molecule has 1 heterocycles. The van der Waals surface area contributed by atoms with Crippen LogP contribution in [0.2, 0.25) is 5.02 Å². The van der Waals surface area contributed by atoms with E-state index in [1.807, 2.05) is 35.0 Å². The van der Waals surface area contributed by atoms with Crippen molar-refractivity contribution >= 4 is 29.3 Å². The fraction of sp³-hybridized carbons (Fsp3) is 0.333. The van der Waals surface area contributed by atoms with Crippen LogP contribution < -0.4 is 0 Å². The van der Waals surface area contributed by atoms with Crippen LogP contribution in [-0.4, -0.2) is 26.6 Å². The third-order valence-corrected chi connectivity index (χ3v) is 4.57. The summed E-state index contributed by atoms with van der Waals surface area (Å²) in [5.41, 5.74) is 2.13. The van der Waals surface area contributed by atoms with E-state index in [-0.39, 0.29) is 5.75 Å². The number of carboxylic acids is 1. The average Bonchev–Trinajstić information content (AvgIpc) is 3.20. The largest absolute Gasteiger partial charge is 0.481 e. The molecule has 1 aliphatic carbocycles. The Labute approximate surface area is 132 Å². The highest BCUT2D eigenvalue weighted by atomic mass is 35.5. The number of hydrogen-bond acceptors (Lipinski definition) is 3. The lowest BCUT2D eigenvalue weighted by Gasteiger charge is -2.06. The van der Waals surface area contributed by atoms with Crippen LogP contribution in [0.3, 0.4) is 0 Å². The maximum absolute atomic E-state index is 10.8. The first-order valence-electron chi connectivity index (χ1n) is 6.78. The van der Waals surface area contributed by atoms with Crippen LogP contribution >= 0.6 is 23.4 Å². The Morgan fingerprint density at radius 2 is 2.24 bits per heavy atom. The van der Waals surface area contributed by atoms with Gasteiger partial charge in [0, 0.05) is 10.9 Å². The van der Waals surface area contributed by atoms with E-state index in [4.69, 9.17) is 16.7 Å². The second-order valence-corrected chi connectivity index (χ2v) is 6.58. The predicted molar refractivity (Wildman–Crippen MR) is 83.1 cm³/mol. The summed E-state index contributed by atoms with van der Waals surface area (Å²) in [6.45, 7) is 0.606. The summed E-state index contributed by atoms with van der Waals surface area (Å²) in [7, 11) is 0. The Kier molecular flexibility index (Phi) is 4.22. The molecular weight excluding hydrogens is 308 g/mol. The quantitative estimate of drug-likeness (QED) is 0.825. The van der Waals surface area contributed by atoms with Gasteiger partial charge in [-0.1, -0.05) is 35.5 Å². The van der Waals surface area contributed by atoms with Crippen molar-refractivity contribution in [3.05, 3.63) is 46.6 Å². The number of carbonyl (C=O) groups is 1. The van der Waals surface area contributed by atoms with Gasteiger partial charge in [0.05, 0.1) is 23.0 Å². The van der Waals surface area contributed by atoms with Crippen molar-refractivity contribution in [1.82, 2.24) is 9.78 Å². The molecule has 0 saturated heterocycles. The van der Waals surface area contributed by atoms with Gasteiger partial charge in [-0.3, -0.25) is 9.48 Å². The highest BCUT2D eigenvalue weighted by molar-refractivity contribution is 7.99. The molecule has 4 nitrogen and oxygen atoms in total. The molecule has 1 aromatic carbocycles. The number of halogens is 1. The standard InChI is InChI=1S/C15H15ClN2O2S/c16-12-3-1-2-10(6-12)8-18-14(21-9-15(19)20)7-13(17-18)11-4-5-11/h1-3,6-7,11H,4-5,8-9H2,(H,19,20). The van der Waals surface area contributed by atoms with Crippen LogP contribution in [0.1, 0.15) is 30.0 Å². The molecule has 2 aromatic rings. The number of carboxylic acid groups (broad SMARTS) is 1. The van der Waals surface area contributed by atoms with E-state index >= 15 is 0 Å². The predicted octanol–water partition coefficient (Wildman–Crippen LogP) is 3.64. The van der Waals surface area contributed by atoms with Gasteiger partial charge in [0.2, 0.25) is 0 Å². The van der Waals surface area contributed by atoms with Gasteiger partial charge in [-0.05, 0) is 36.6 Å². The van der Waals surface area contributed by atoms with Crippen molar-refractivity contribution in [1.29, 1.82) is 0 Å². The fourth-order valence-corrected chi connectivity index (χ4v) is 3.11. The van der Waals surface area contributed by atoms with E-state index in [0.29, 0.717) is 17.5 Å². The van der Waals surface area contributed by atoms with Gasteiger partial charge in [0.1, 0.15) is 0 Å². The van der Waals surface area contributed by atoms with E-state index < -0.39 is 5.97 Å². The molecule has 0 amide bonds. The molecule has 1 saturated carbocycles. The molecule has 0 bridgehead atoms. The molecule has 0 radical (unpaired) electrons. The van der Waals surface area contributed by atoms with Crippen molar-refractivity contribution in [2.24, 2.45) is 0 Å². The second kappa shape index (κ2) is 6.12. The molecule has 1 N–H and O–H groups in total. The molecular formula is C15H15ClN2O2S. The zero-order chi connectivity index (χ0) is 14.8. The first kappa shape index (κ1) is 14.5. The van der Waals surface area contributed by atoms with Crippen LogP contribution in [0.5, 0.6) is 0 Å². The van der Waals surface area contributed by atoms with Crippen molar-refractivity contribution in [3.8, 4) is 0 Å². The minimum absolute atomic E-state index is 0.0470. The maximum atomic E-state index is 10.8. The lowest BCUT2D eigenvalue weighted by atomic mass is 10.2. The van der Waals surface area contributed by atoms with E-state index in [1.165, 1.54) is 24.6 Å². The van der Waals surface area contributed by atoms with Crippen molar-refractivity contribution in [2.45, 2.75) is 30.3 Å². The summed E-state index contributed by atoms with van der Waals surface area (Å²) < 4.78 is 1.88. The van der Waals surface area contributed by atoms with E-state index in [1.54, 1.807) is 0 Å². The number of nitrogens with zero attached hydrogens (tertiary/aromatic N) is 2. The number of benzene rings is 1.